The summed E-state index contributed by atoms with van der Waals surface area (Å²) in [7, 11) is 1.74. The molecule has 0 saturated carbocycles. The third-order valence-corrected chi connectivity index (χ3v) is 3.20. The smallest absolute Gasteiger partial charge is 0.220 e. The van der Waals surface area contributed by atoms with Crippen LogP contribution in [-0.2, 0) is 4.79 Å². The van der Waals surface area contributed by atoms with Gasteiger partial charge in [0.2, 0.25) is 5.91 Å². The Hall–Kier alpha value is -0.480. The van der Waals surface area contributed by atoms with Gasteiger partial charge in [0.1, 0.15) is 0 Å². The van der Waals surface area contributed by atoms with E-state index >= 15 is 0 Å². The van der Waals surface area contributed by atoms with Gasteiger partial charge in [-0.25, -0.2) is 0 Å². The Morgan fingerprint density at radius 3 is 2.36 bits per heavy atom. The minimum Gasteiger partial charge on any atom is -0.330 e. The summed E-state index contributed by atoms with van der Waals surface area (Å²) < 4.78 is 1.02. The topological polar surface area (TPSA) is 20.3 Å². The molecule has 1 atom stereocenters. The van der Waals surface area contributed by atoms with Crippen LogP contribution in [0.5, 0.6) is 0 Å². The van der Waals surface area contributed by atoms with Gasteiger partial charge in [0.05, 0.1) is 5.37 Å². The Balaban J connectivity index is 2.84. The summed E-state index contributed by atoms with van der Waals surface area (Å²) in [5, 5.41) is -0.180. The van der Waals surface area contributed by atoms with Crippen molar-refractivity contribution in [2.45, 2.75) is 12.3 Å². The molecule has 0 aliphatic carbocycles. The van der Waals surface area contributed by atoms with Gasteiger partial charge in [0.15, 0.2) is 0 Å². The summed E-state index contributed by atoms with van der Waals surface area (Å²) in [6.07, 6.45) is 0. The van der Waals surface area contributed by atoms with Crippen LogP contribution in [0.4, 0.5) is 0 Å². The molecule has 0 aliphatic heterocycles. The van der Waals surface area contributed by atoms with E-state index in [9.17, 15) is 4.79 Å². The van der Waals surface area contributed by atoms with Gasteiger partial charge in [-0.1, -0.05) is 28.1 Å². The first-order chi connectivity index (χ1) is 6.52. The van der Waals surface area contributed by atoms with Crippen LogP contribution in [0.1, 0.15) is 17.9 Å². The lowest BCUT2D eigenvalue weighted by molar-refractivity contribution is -0.128. The van der Waals surface area contributed by atoms with Crippen molar-refractivity contribution in [2.24, 2.45) is 0 Å². The zero-order valence-electron chi connectivity index (χ0n) is 8.07. The van der Waals surface area contributed by atoms with Crippen molar-refractivity contribution in [1.29, 1.82) is 0 Å². The van der Waals surface area contributed by atoms with Crippen molar-refractivity contribution in [1.82, 2.24) is 4.90 Å². The Morgan fingerprint density at radius 2 is 1.93 bits per heavy atom. The highest BCUT2D eigenvalue weighted by Crippen LogP contribution is 2.24. The van der Waals surface area contributed by atoms with Crippen molar-refractivity contribution in [3.05, 3.63) is 34.3 Å². The average Bonchev–Trinajstić information content (AvgIpc) is 2.16. The standard InChI is InChI=1S/C10H12BrNOS/c1-7(13)12(2)10(14)8-3-5-9(11)6-4-8/h3-6,10,14H,1-2H3. The molecule has 0 heterocycles. The van der Waals surface area contributed by atoms with Crippen LogP contribution < -0.4 is 0 Å². The quantitative estimate of drug-likeness (QED) is 0.649. The Kier molecular flexibility index (Phi) is 4.01. The second-order valence-corrected chi connectivity index (χ2v) is 4.46. The van der Waals surface area contributed by atoms with E-state index in [0.717, 1.165) is 10.0 Å². The van der Waals surface area contributed by atoms with Crippen molar-refractivity contribution in [3.63, 3.8) is 0 Å². The van der Waals surface area contributed by atoms with Crippen LogP contribution in [0.2, 0.25) is 0 Å². The molecule has 0 spiro atoms. The zero-order valence-corrected chi connectivity index (χ0v) is 10.5. The third kappa shape index (κ3) is 2.75. The first-order valence-electron chi connectivity index (χ1n) is 4.19. The van der Waals surface area contributed by atoms with Gasteiger partial charge in [0.25, 0.3) is 0 Å². The molecule has 0 N–H and O–H groups in total. The van der Waals surface area contributed by atoms with E-state index in [1.54, 1.807) is 11.9 Å². The van der Waals surface area contributed by atoms with Crippen LogP contribution in [0.25, 0.3) is 0 Å². The minimum atomic E-state index is -0.180. The number of halogens is 1. The molecule has 1 amide bonds. The van der Waals surface area contributed by atoms with Gasteiger partial charge in [-0.05, 0) is 17.7 Å². The predicted molar refractivity (Wildman–Crippen MR) is 64.3 cm³/mol. The summed E-state index contributed by atoms with van der Waals surface area (Å²) in [6.45, 7) is 1.53. The fourth-order valence-electron chi connectivity index (χ4n) is 1.03. The first kappa shape index (κ1) is 11.6. The Morgan fingerprint density at radius 1 is 1.43 bits per heavy atom. The second-order valence-electron chi connectivity index (χ2n) is 3.06. The molecule has 0 aliphatic rings. The van der Waals surface area contributed by atoms with Crippen LogP contribution in [0.3, 0.4) is 0 Å². The van der Waals surface area contributed by atoms with Crippen molar-refractivity contribution in [2.75, 3.05) is 7.05 Å². The van der Waals surface area contributed by atoms with Crippen LogP contribution in [0, 0.1) is 0 Å². The van der Waals surface area contributed by atoms with Crippen LogP contribution in [0.15, 0.2) is 28.7 Å². The summed E-state index contributed by atoms with van der Waals surface area (Å²) in [5.41, 5.74) is 1.01. The lowest BCUT2D eigenvalue weighted by Gasteiger charge is -2.22. The SMILES string of the molecule is CC(=O)N(C)C(S)c1ccc(Br)cc1. The summed E-state index contributed by atoms with van der Waals surface area (Å²) in [4.78, 5) is 12.7. The molecule has 0 bridgehead atoms. The van der Waals surface area contributed by atoms with Gasteiger partial charge < -0.3 is 4.90 Å². The highest BCUT2D eigenvalue weighted by molar-refractivity contribution is 9.10. The molecule has 1 unspecified atom stereocenters. The van der Waals surface area contributed by atoms with E-state index < -0.39 is 0 Å². The molecule has 76 valence electrons. The lowest BCUT2D eigenvalue weighted by Crippen LogP contribution is -2.25. The number of amides is 1. The van der Waals surface area contributed by atoms with E-state index in [-0.39, 0.29) is 11.3 Å². The monoisotopic (exact) mass is 273 g/mol. The van der Waals surface area contributed by atoms with Crippen molar-refractivity contribution >= 4 is 34.5 Å². The molecule has 4 heteroatoms. The molecule has 1 aromatic rings. The van der Waals surface area contributed by atoms with Crippen LogP contribution in [-0.4, -0.2) is 17.9 Å². The van der Waals surface area contributed by atoms with E-state index in [1.807, 2.05) is 24.3 Å². The van der Waals surface area contributed by atoms with E-state index in [0.29, 0.717) is 0 Å². The highest BCUT2D eigenvalue weighted by atomic mass is 79.9. The van der Waals surface area contributed by atoms with Gasteiger partial charge in [-0.2, -0.15) is 0 Å². The largest absolute Gasteiger partial charge is 0.330 e. The van der Waals surface area contributed by atoms with E-state index in [4.69, 9.17) is 0 Å². The number of benzene rings is 1. The zero-order chi connectivity index (χ0) is 10.7. The molecular weight excluding hydrogens is 262 g/mol. The summed E-state index contributed by atoms with van der Waals surface area (Å²) >= 11 is 7.73. The average molecular weight is 274 g/mol. The second kappa shape index (κ2) is 4.84. The van der Waals surface area contributed by atoms with Gasteiger partial charge in [0, 0.05) is 18.4 Å². The number of hydrogen-bond donors (Lipinski definition) is 1. The summed E-state index contributed by atoms with van der Waals surface area (Å²) in [5.74, 6) is 0.00733. The Bertz CT molecular complexity index is 325. The number of nitrogens with zero attached hydrogens (tertiary/aromatic N) is 1. The van der Waals surface area contributed by atoms with Crippen molar-refractivity contribution < 1.29 is 4.79 Å². The molecule has 0 fully saturated rings. The van der Waals surface area contributed by atoms with E-state index in [1.165, 1.54) is 6.92 Å². The first-order valence-corrected chi connectivity index (χ1v) is 5.50. The summed E-state index contributed by atoms with van der Waals surface area (Å²) in [6, 6.07) is 7.77. The molecule has 2 nitrogen and oxygen atoms in total. The van der Waals surface area contributed by atoms with E-state index in [2.05, 4.69) is 28.6 Å². The number of thiol groups is 1. The Labute approximate surface area is 97.8 Å². The maximum Gasteiger partial charge on any atom is 0.220 e. The normalized spacial score (nSPS) is 12.3. The number of rotatable bonds is 2. The van der Waals surface area contributed by atoms with Gasteiger partial charge in [-0.3, -0.25) is 4.79 Å². The fourth-order valence-corrected chi connectivity index (χ4v) is 1.63. The minimum absolute atomic E-state index is 0.00733. The molecule has 0 aromatic heterocycles. The fraction of sp³-hybridized carbons (Fsp3) is 0.300. The molecule has 1 aromatic carbocycles. The van der Waals surface area contributed by atoms with Crippen molar-refractivity contribution in [3.8, 4) is 0 Å². The predicted octanol–water partition coefficient (Wildman–Crippen LogP) is 2.86. The molecular formula is C10H12BrNOS. The third-order valence-electron chi connectivity index (χ3n) is 2.03. The molecule has 0 saturated heterocycles. The van der Waals surface area contributed by atoms with Gasteiger partial charge >= 0.3 is 0 Å². The number of carbonyl (C=O) groups is 1. The van der Waals surface area contributed by atoms with Gasteiger partial charge in [-0.15, -0.1) is 12.6 Å². The maximum absolute atomic E-state index is 11.1. The molecule has 0 radical (unpaired) electrons. The lowest BCUT2D eigenvalue weighted by atomic mass is 10.2. The van der Waals surface area contributed by atoms with Crippen LogP contribution >= 0.6 is 28.6 Å². The maximum atomic E-state index is 11.1. The molecule has 1 rings (SSSR count). The number of hydrogen-bond acceptors (Lipinski definition) is 2. The highest BCUT2D eigenvalue weighted by Gasteiger charge is 2.14. The molecule has 14 heavy (non-hydrogen) atoms. The number of carbonyl (C=O) groups excluding carboxylic acids is 1.